The second-order valence-corrected chi connectivity index (χ2v) is 6.40. The Hall–Kier alpha value is -2.86. The summed E-state index contributed by atoms with van der Waals surface area (Å²) >= 11 is 1.63. The summed E-state index contributed by atoms with van der Waals surface area (Å²) in [6, 6.07) is 13.2. The van der Waals surface area contributed by atoms with Gasteiger partial charge in [-0.3, -0.25) is 4.79 Å². The average molecular weight is 337 g/mol. The van der Waals surface area contributed by atoms with Crippen LogP contribution < -0.4 is 10.3 Å². The monoisotopic (exact) mass is 337 g/mol. The van der Waals surface area contributed by atoms with Crippen LogP contribution >= 0.6 is 11.3 Å². The summed E-state index contributed by atoms with van der Waals surface area (Å²) < 4.78 is 6.61. The van der Waals surface area contributed by atoms with Crippen LogP contribution in [0.5, 0.6) is 5.75 Å². The molecule has 0 atom stereocenters. The first-order chi connectivity index (χ1) is 11.7. The molecule has 0 fully saturated rings. The van der Waals surface area contributed by atoms with Crippen molar-refractivity contribution < 1.29 is 4.74 Å². The van der Waals surface area contributed by atoms with Crippen molar-refractivity contribution in [1.82, 2.24) is 14.6 Å². The number of methoxy groups -OCH3 is 1. The van der Waals surface area contributed by atoms with E-state index in [1.807, 2.05) is 48.7 Å². The maximum atomic E-state index is 12.5. The number of fused-ring (bicyclic) bond motifs is 1. The summed E-state index contributed by atoms with van der Waals surface area (Å²) in [5.41, 5.74) is 4.04. The van der Waals surface area contributed by atoms with Crippen molar-refractivity contribution in [1.29, 1.82) is 0 Å². The number of thiophene rings is 1. The average Bonchev–Trinajstić information content (AvgIpc) is 3.22. The van der Waals surface area contributed by atoms with Crippen LogP contribution in [0.15, 0.2) is 52.6 Å². The van der Waals surface area contributed by atoms with E-state index >= 15 is 0 Å². The molecule has 4 aromatic rings. The summed E-state index contributed by atoms with van der Waals surface area (Å²) in [4.78, 5) is 16.9. The van der Waals surface area contributed by atoms with Crippen molar-refractivity contribution in [2.24, 2.45) is 0 Å². The van der Waals surface area contributed by atoms with E-state index in [-0.39, 0.29) is 5.56 Å². The Morgan fingerprint density at radius 3 is 2.67 bits per heavy atom. The lowest BCUT2D eigenvalue weighted by Gasteiger charge is -2.05. The van der Waals surface area contributed by atoms with E-state index < -0.39 is 0 Å². The number of aromatic nitrogens is 3. The van der Waals surface area contributed by atoms with Gasteiger partial charge in [-0.05, 0) is 48.2 Å². The zero-order valence-corrected chi connectivity index (χ0v) is 14.1. The highest BCUT2D eigenvalue weighted by Crippen LogP contribution is 2.31. The van der Waals surface area contributed by atoms with E-state index in [0.29, 0.717) is 5.65 Å². The lowest BCUT2D eigenvalue weighted by atomic mass is 10.1. The van der Waals surface area contributed by atoms with E-state index in [0.717, 1.165) is 33.1 Å². The molecule has 3 heterocycles. The Kier molecular flexibility index (Phi) is 3.46. The molecule has 0 radical (unpaired) electrons. The predicted molar refractivity (Wildman–Crippen MR) is 95.9 cm³/mol. The molecule has 0 saturated carbocycles. The number of benzene rings is 1. The van der Waals surface area contributed by atoms with Crippen molar-refractivity contribution in [2.75, 3.05) is 7.11 Å². The molecule has 0 aliphatic carbocycles. The third-order valence-electron chi connectivity index (χ3n) is 3.96. The standard InChI is InChI=1S/C18H15N3O2S/c1-11-17(15-4-3-9-24-15)18-19-14(10-16(22)21(18)20-11)12-5-7-13(23-2)8-6-12/h3-10,19H,1-2H3. The first kappa shape index (κ1) is 14.7. The SMILES string of the molecule is COc1ccc(-c2cc(=O)n3nc(C)c(-c4cccs4)c3[nH]2)cc1. The van der Waals surface area contributed by atoms with Gasteiger partial charge < -0.3 is 9.72 Å². The second kappa shape index (κ2) is 5.65. The Morgan fingerprint density at radius 2 is 2.00 bits per heavy atom. The molecule has 0 amide bonds. The topological polar surface area (TPSA) is 59.4 Å². The Morgan fingerprint density at radius 1 is 1.21 bits per heavy atom. The number of H-pyrrole nitrogens is 1. The van der Waals surface area contributed by atoms with Crippen molar-refractivity contribution in [3.63, 3.8) is 0 Å². The number of ether oxygens (including phenoxy) is 1. The lowest BCUT2D eigenvalue weighted by molar-refractivity contribution is 0.415. The molecule has 0 aliphatic rings. The molecule has 3 aromatic heterocycles. The Labute approximate surface area is 142 Å². The molecule has 1 N–H and O–H groups in total. The lowest BCUT2D eigenvalue weighted by Crippen LogP contribution is -2.14. The van der Waals surface area contributed by atoms with Crippen LogP contribution in [0.3, 0.4) is 0 Å². The van der Waals surface area contributed by atoms with Gasteiger partial charge in [-0.15, -0.1) is 11.3 Å². The highest BCUT2D eigenvalue weighted by atomic mass is 32.1. The molecule has 6 heteroatoms. The van der Waals surface area contributed by atoms with Gasteiger partial charge in [0.05, 0.1) is 24.1 Å². The van der Waals surface area contributed by atoms with Gasteiger partial charge in [-0.2, -0.15) is 9.61 Å². The quantitative estimate of drug-likeness (QED) is 0.619. The van der Waals surface area contributed by atoms with Crippen LogP contribution in [-0.4, -0.2) is 21.7 Å². The van der Waals surface area contributed by atoms with E-state index in [1.54, 1.807) is 24.5 Å². The molecule has 120 valence electrons. The van der Waals surface area contributed by atoms with Crippen LogP contribution in [-0.2, 0) is 0 Å². The van der Waals surface area contributed by atoms with Crippen molar-refractivity contribution in [3.8, 4) is 27.4 Å². The van der Waals surface area contributed by atoms with Gasteiger partial charge >= 0.3 is 0 Å². The van der Waals surface area contributed by atoms with Crippen LogP contribution in [0.4, 0.5) is 0 Å². The van der Waals surface area contributed by atoms with Gasteiger partial charge in [-0.1, -0.05) is 6.07 Å². The van der Waals surface area contributed by atoms with E-state index in [2.05, 4.69) is 10.1 Å². The van der Waals surface area contributed by atoms with Gasteiger partial charge in [0.15, 0.2) is 0 Å². The maximum Gasteiger partial charge on any atom is 0.274 e. The third kappa shape index (κ3) is 2.32. The largest absolute Gasteiger partial charge is 0.497 e. The molecule has 4 rings (SSSR count). The minimum atomic E-state index is -0.152. The first-order valence-corrected chi connectivity index (χ1v) is 8.36. The third-order valence-corrected chi connectivity index (χ3v) is 4.85. The summed E-state index contributed by atoms with van der Waals surface area (Å²) in [7, 11) is 1.63. The zero-order chi connectivity index (χ0) is 16.7. The van der Waals surface area contributed by atoms with E-state index in [9.17, 15) is 4.79 Å². The predicted octanol–water partition coefficient (Wildman–Crippen LogP) is 3.74. The molecular formula is C18H15N3O2S. The number of aromatic amines is 1. The van der Waals surface area contributed by atoms with Gasteiger partial charge in [0, 0.05) is 10.9 Å². The smallest absolute Gasteiger partial charge is 0.274 e. The number of aryl methyl sites for hydroxylation is 1. The molecule has 5 nitrogen and oxygen atoms in total. The van der Waals surface area contributed by atoms with E-state index in [4.69, 9.17) is 4.74 Å². The van der Waals surface area contributed by atoms with Crippen LogP contribution in [0.25, 0.3) is 27.3 Å². The number of nitrogens with zero attached hydrogens (tertiary/aromatic N) is 2. The number of hydrogen-bond donors (Lipinski definition) is 1. The Balaban J connectivity index is 1.95. The second-order valence-electron chi connectivity index (χ2n) is 5.45. The number of nitrogens with one attached hydrogen (secondary N) is 1. The highest BCUT2D eigenvalue weighted by Gasteiger charge is 2.16. The molecule has 0 unspecified atom stereocenters. The van der Waals surface area contributed by atoms with Gasteiger partial charge in [0.2, 0.25) is 0 Å². The normalized spacial score (nSPS) is 11.1. The minimum Gasteiger partial charge on any atom is -0.497 e. The van der Waals surface area contributed by atoms with Crippen LogP contribution in [0, 0.1) is 6.92 Å². The molecular weight excluding hydrogens is 322 g/mol. The molecule has 24 heavy (non-hydrogen) atoms. The molecule has 0 bridgehead atoms. The summed E-state index contributed by atoms with van der Waals surface area (Å²) in [5.74, 6) is 0.779. The minimum absolute atomic E-state index is 0.152. The van der Waals surface area contributed by atoms with E-state index in [1.165, 1.54) is 4.52 Å². The Bertz CT molecular complexity index is 1060. The molecule has 1 aromatic carbocycles. The zero-order valence-electron chi connectivity index (χ0n) is 13.2. The number of rotatable bonds is 3. The van der Waals surface area contributed by atoms with Gasteiger partial charge in [-0.25, -0.2) is 0 Å². The maximum absolute atomic E-state index is 12.5. The molecule has 0 aliphatic heterocycles. The van der Waals surface area contributed by atoms with Crippen molar-refractivity contribution in [3.05, 3.63) is 63.9 Å². The van der Waals surface area contributed by atoms with Crippen molar-refractivity contribution >= 4 is 17.0 Å². The fraction of sp³-hybridized carbons (Fsp3) is 0.111. The van der Waals surface area contributed by atoms with Gasteiger partial charge in [0.1, 0.15) is 11.4 Å². The summed E-state index contributed by atoms with van der Waals surface area (Å²) in [5, 5.41) is 6.41. The molecule has 0 saturated heterocycles. The molecule has 0 spiro atoms. The summed E-state index contributed by atoms with van der Waals surface area (Å²) in [6.45, 7) is 1.92. The van der Waals surface area contributed by atoms with Crippen LogP contribution in [0.1, 0.15) is 5.69 Å². The first-order valence-electron chi connectivity index (χ1n) is 7.48. The van der Waals surface area contributed by atoms with Crippen molar-refractivity contribution in [2.45, 2.75) is 6.92 Å². The van der Waals surface area contributed by atoms with Crippen LogP contribution in [0.2, 0.25) is 0 Å². The van der Waals surface area contributed by atoms with Gasteiger partial charge in [0.25, 0.3) is 5.56 Å². The summed E-state index contributed by atoms with van der Waals surface area (Å²) in [6.07, 6.45) is 0. The highest BCUT2D eigenvalue weighted by molar-refractivity contribution is 7.13. The fourth-order valence-corrected chi connectivity index (χ4v) is 3.62. The fourth-order valence-electron chi connectivity index (χ4n) is 2.79. The number of hydrogen-bond acceptors (Lipinski definition) is 4.